The molecular weight excluding hydrogens is 256 g/mol. The average molecular weight is 274 g/mol. The van der Waals surface area contributed by atoms with E-state index in [0.29, 0.717) is 11.8 Å². The second kappa shape index (κ2) is 4.44. The first-order valence-electron chi connectivity index (χ1n) is 7.13. The van der Waals surface area contributed by atoms with E-state index in [0.717, 1.165) is 23.2 Å². The van der Waals surface area contributed by atoms with Gasteiger partial charge in [-0.05, 0) is 55.7 Å². The number of fused-ring (bicyclic) bond motifs is 1. The lowest BCUT2D eigenvalue weighted by molar-refractivity contribution is -0.113. The van der Waals surface area contributed by atoms with Gasteiger partial charge >= 0.3 is 0 Å². The minimum absolute atomic E-state index is 0.107. The van der Waals surface area contributed by atoms with Gasteiger partial charge in [0.05, 0.1) is 11.4 Å². The standard InChI is InChI=1S/C15H18N2OS/c18-14-8-19-13-6-5-11(7-12(13)17-14)16-15(9-1-2-9)10-3-4-10/h5-7,9-10,15-16H,1-4,8H2,(H,17,18). The second-order valence-electron chi connectivity index (χ2n) is 5.89. The molecule has 1 aromatic carbocycles. The van der Waals surface area contributed by atoms with Crippen LogP contribution in [0, 0.1) is 11.8 Å². The van der Waals surface area contributed by atoms with Crippen molar-refractivity contribution in [1.29, 1.82) is 0 Å². The molecule has 3 nitrogen and oxygen atoms in total. The molecule has 0 atom stereocenters. The van der Waals surface area contributed by atoms with Crippen LogP contribution in [0.15, 0.2) is 23.1 Å². The third-order valence-electron chi connectivity index (χ3n) is 4.21. The maximum absolute atomic E-state index is 11.4. The highest BCUT2D eigenvalue weighted by atomic mass is 32.2. The van der Waals surface area contributed by atoms with Gasteiger partial charge in [0.25, 0.3) is 0 Å². The number of thioether (sulfide) groups is 1. The maximum atomic E-state index is 11.4. The number of carbonyl (C=O) groups excluding carboxylic acids is 1. The molecular formula is C15H18N2OS. The molecule has 0 aromatic heterocycles. The number of hydrogen-bond acceptors (Lipinski definition) is 3. The Labute approximate surface area is 117 Å². The molecule has 100 valence electrons. The van der Waals surface area contributed by atoms with E-state index in [-0.39, 0.29) is 5.91 Å². The van der Waals surface area contributed by atoms with E-state index in [1.54, 1.807) is 11.8 Å². The van der Waals surface area contributed by atoms with E-state index in [1.807, 2.05) is 0 Å². The zero-order chi connectivity index (χ0) is 12.8. The first kappa shape index (κ1) is 11.6. The van der Waals surface area contributed by atoms with E-state index in [2.05, 4.69) is 28.8 Å². The molecule has 2 aliphatic carbocycles. The molecule has 4 rings (SSSR count). The summed E-state index contributed by atoms with van der Waals surface area (Å²) in [5.41, 5.74) is 2.13. The molecule has 2 fully saturated rings. The molecule has 4 heteroatoms. The largest absolute Gasteiger partial charge is 0.382 e. The fourth-order valence-corrected chi connectivity index (χ4v) is 3.69. The van der Waals surface area contributed by atoms with Crippen molar-refractivity contribution in [3.05, 3.63) is 18.2 Å². The van der Waals surface area contributed by atoms with Crippen molar-refractivity contribution in [2.75, 3.05) is 16.4 Å². The van der Waals surface area contributed by atoms with Crippen molar-refractivity contribution in [2.45, 2.75) is 36.6 Å². The third-order valence-corrected chi connectivity index (χ3v) is 5.28. The Bertz CT molecular complexity index is 511. The van der Waals surface area contributed by atoms with Crippen LogP contribution < -0.4 is 10.6 Å². The van der Waals surface area contributed by atoms with Crippen molar-refractivity contribution < 1.29 is 4.79 Å². The molecule has 1 aliphatic heterocycles. The van der Waals surface area contributed by atoms with Crippen LogP contribution >= 0.6 is 11.8 Å². The zero-order valence-electron chi connectivity index (χ0n) is 10.8. The summed E-state index contributed by atoms with van der Waals surface area (Å²) in [6.45, 7) is 0. The Balaban J connectivity index is 1.54. The van der Waals surface area contributed by atoms with Crippen molar-refractivity contribution in [2.24, 2.45) is 11.8 Å². The monoisotopic (exact) mass is 274 g/mol. The second-order valence-corrected chi connectivity index (χ2v) is 6.91. The molecule has 0 unspecified atom stereocenters. The highest BCUT2D eigenvalue weighted by Crippen LogP contribution is 2.46. The molecule has 0 saturated heterocycles. The molecule has 0 bridgehead atoms. The van der Waals surface area contributed by atoms with E-state index in [4.69, 9.17) is 0 Å². The maximum Gasteiger partial charge on any atom is 0.234 e. The van der Waals surface area contributed by atoms with Gasteiger partial charge in [-0.15, -0.1) is 11.8 Å². The van der Waals surface area contributed by atoms with Crippen molar-refractivity contribution in [1.82, 2.24) is 0 Å². The van der Waals surface area contributed by atoms with Crippen LogP contribution in [-0.4, -0.2) is 17.7 Å². The van der Waals surface area contributed by atoms with Gasteiger partial charge in [0.2, 0.25) is 5.91 Å². The Kier molecular flexibility index (Phi) is 2.72. The fourth-order valence-electron chi connectivity index (χ4n) is 2.90. The van der Waals surface area contributed by atoms with Crippen LogP contribution in [0.2, 0.25) is 0 Å². The van der Waals surface area contributed by atoms with Crippen LogP contribution in [0.1, 0.15) is 25.7 Å². The number of anilines is 2. The van der Waals surface area contributed by atoms with E-state index in [1.165, 1.54) is 30.6 Å². The minimum Gasteiger partial charge on any atom is -0.382 e. The third kappa shape index (κ3) is 2.46. The van der Waals surface area contributed by atoms with Gasteiger partial charge in [0.1, 0.15) is 0 Å². The summed E-state index contributed by atoms with van der Waals surface area (Å²) in [4.78, 5) is 12.6. The lowest BCUT2D eigenvalue weighted by Crippen LogP contribution is -2.24. The number of carbonyl (C=O) groups is 1. The van der Waals surface area contributed by atoms with Crippen molar-refractivity contribution in [3.63, 3.8) is 0 Å². The molecule has 1 heterocycles. The Hall–Kier alpha value is -1.16. The first-order chi connectivity index (χ1) is 9.29. The predicted octanol–water partition coefficient (Wildman–Crippen LogP) is 3.33. The molecule has 2 N–H and O–H groups in total. The summed E-state index contributed by atoms with van der Waals surface area (Å²) in [7, 11) is 0. The molecule has 3 aliphatic rings. The van der Waals surface area contributed by atoms with E-state index < -0.39 is 0 Å². The fraction of sp³-hybridized carbons (Fsp3) is 0.533. The smallest absolute Gasteiger partial charge is 0.234 e. The highest BCUT2D eigenvalue weighted by Gasteiger charge is 2.41. The number of benzene rings is 1. The highest BCUT2D eigenvalue weighted by molar-refractivity contribution is 8.00. The quantitative estimate of drug-likeness (QED) is 0.885. The molecule has 19 heavy (non-hydrogen) atoms. The number of amides is 1. The van der Waals surface area contributed by atoms with E-state index in [9.17, 15) is 4.79 Å². The number of rotatable bonds is 4. The lowest BCUT2D eigenvalue weighted by Gasteiger charge is -2.22. The van der Waals surface area contributed by atoms with Crippen LogP contribution in [0.3, 0.4) is 0 Å². The van der Waals surface area contributed by atoms with Gasteiger partial charge in [-0.2, -0.15) is 0 Å². The van der Waals surface area contributed by atoms with Gasteiger partial charge < -0.3 is 10.6 Å². The number of nitrogens with one attached hydrogen (secondary N) is 2. The molecule has 0 radical (unpaired) electrons. The normalized spacial score (nSPS) is 22.1. The summed E-state index contributed by atoms with van der Waals surface area (Å²) in [5, 5.41) is 6.67. The first-order valence-corrected chi connectivity index (χ1v) is 8.11. The summed E-state index contributed by atoms with van der Waals surface area (Å²) in [6, 6.07) is 7.03. The summed E-state index contributed by atoms with van der Waals surface area (Å²) in [6.07, 6.45) is 5.52. The lowest BCUT2D eigenvalue weighted by atomic mass is 10.1. The zero-order valence-corrected chi connectivity index (χ0v) is 11.6. The van der Waals surface area contributed by atoms with Gasteiger partial charge in [-0.1, -0.05) is 0 Å². The Morgan fingerprint density at radius 1 is 1.21 bits per heavy atom. The molecule has 1 amide bonds. The SMILES string of the molecule is O=C1CSc2ccc(NC(C3CC3)C3CC3)cc2N1. The summed E-state index contributed by atoms with van der Waals surface area (Å²) in [5.74, 6) is 2.41. The average Bonchev–Trinajstić information content (AvgIpc) is 3.28. The van der Waals surface area contributed by atoms with Crippen LogP contribution in [0.4, 0.5) is 11.4 Å². The predicted molar refractivity (Wildman–Crippen MR) is 78.7 cm³/mol. The van der Waals surface area contributed by atoms with Crippen LogP contribution in [-0.2, 0) is 4.79 Å². The van der Waals surface area contributed by atoms with Crippen LogP contribution in [0.5, 0.6) is 0 Å². The van der Waals surface area contributed by atoms with Gasteiger partial charge in [0.15, 0.2) is 0 Å². The Morgan fingerprint density at radius 2 is 1.95 bits per heavy atom. The van der Waals surface area contributed by atoms with Crippen molar-refractivity contribution >= 4 is 29.0 Å². The van der Waals surface area contributed by atoms with Gasteiger partial charge in [-0.3, -0.25) is 4.79 Å². The Morgan fingerprint density at radius 3 is 2.63 bits per heavy atom. The van der Waals surface area contributed by atoms with E-state index >= 15 is 0 Å². The van der Waals surface area contributed by atoms with Crippen molar-refractivity contribution in [3.8, 4) is 0 Å². The summed E-state index contributed by atoms with van der Waals surface area (Å²) >= 11 is 1.62. The number of hydrogen-bond donors (Lipinski definition) is 2. The summed E-state index contributed by atoms with van der Waals surface area (Å²) < 4.78 is 0. The van der Waals surface area contributed by atoms with Crippen LogP contribution in [0.25, 0.3) is 0 Å². The van der Waals surface area contributed by atoms with Gasteiger partial charge in [0, 0.05) is 16.6 Å². The van der Waals surface area contributed by atoms with Gasteiger partial charge in [-0.25, -0.2) is 0 Å². The topological polar surface area (TPSA) is 41.1 Å². The molecule has 1 aromatic rings. The molecule has 0 spiro atoms. The molecule has 2 saturated carbocycles. The minimum atomic E-state index is 0.107.